The molecule has 144 valence electrons. The number of ether oxygens (including phenoxy) is 1. The number of methoxy groups -OCH3 is 1. The Morgan fingerprint density at radius 1 is 1.07 bits per heavy atom. The van der Waals surface area contributed by atoms with Crippen LogP contribution in [0, 0.1) is 20.8 Å². The van der Waals surface area contributed by atoms with Crippen LogP contribution >= 0.6 is 23.5 Å². The van der Waals surface area contributed by atoms with Gasteiger partial charge < -0.3 is 4.74 Å². The third kappa shape index (κ3) is 4.29. The highest BCUT2D eigenvalue weighted by atomic mass is 35.5. The molecule has 0 amide bonds. The first-order valence-electron chi connectivity index (χ1n) is 8.62. The summed E-state index contributed by atoms with van der Waals surface area (Å²) in [5.74, 6) is 0.0364. The molecule has 0 aliphatic rings. The van der Waals surface area contributed by atoms with Gasteiger partial charge in [-0.3, -0.25) is 4.72 Å². The molecule has 0 saturated heterocycles. The Kier molecular flexibility index (Phi) is 6.21. The second-order valence-electron chi connectivity index (χ2n) is 6.29. The van der Waals surface area contributed by atoms with Gasteiger partial charge in [-0.25, -0.2) is 14.8 Å². The molecule has 0 radical (unpaired) electrons. The van der Waals surface area contributed by atoms with E-state index in [0.717, 1.165) is 32.8 Å². The van der Waals surface area contributed by atoms with Crippen molar-refractivity contribution in [1.29, 1.82) is 0 Å². The summed E-state index contributed by atoms with van der Waals surface area (Å²) in [4.78, 5) is 21.6. The zero-order valence-electron chi connectivity index (χ0n) is 16.0. The zero-order valence-corrected chi connectivity index (χ0v) is 17.6. The highest BCUT2D eigenvalue weighted by molar-refractivity contribution is 8.00. The molecule has 0 aliphatic heterocycles. The molecule has 0 bridgehead atoms. The van der Waals surface area contributed by atoms with Gasteiger partial charge in [-0.15, -0.1) is 0 Å². The predicted molar refractivity (Wildman–Crippen MR) is 114 cm³/mol. The van der Waals surface area contributed by atoms with Crippen LogP contribution in [0.2, 0.25) is 5.15 Å². The summed E-state index contributed by atoms with van der Waals surface area (Å²) >= 11 is 7.56. The Labute approximate surface area is 173 Å². The van der Waals surface area contributed by atoms with E-state index in [0.29, 0.717) is 16.7 Å². The third-order valence-electron chi connectivity index (χ3n) is 4.37. The molecule has 1 N–H and O–H groups in total. The average Bonchev–Trinajstić information content (AvgIpc) is 2.66. The quantitative estimate of drug-likeness (QED) is 0.332. The molecule has 0 spiro atoms. The number of halogens is 1. The smallest absolute Gasteiger partial charge is 0.338 e. The van der Waals surface area contributed by atoms with Gasteiger partial charge in [0, 0.05) is 16.5 Å². The molecule has 0 atom stereocenters. The summed E-state index contributed by atoms with van der Waals surface area (Å²) < 4.78 is 7.96. The number of aryl methyl sites for hydroxylation is 2. The van der Waals surface area contributed by atoms with Gasteiger partial charge >= 0.3 is 5.97 Å². The lowest BCUT2D eigenvalue weighted by Crippen LogP contribution is -2.05. The predicted octanol–water partition coefficient (Wildman–Crippen LogP) is 5.63. The number of nitrogens with one attached hydrogen (secondary N) is 1. The largest absolute Gasteiger partial charge is 0.465 e. The minimum absolute atomic E-state index is 0.357. The van der Waals surface area contributed by atoms with E-state index < -0.39 is 0 Å². The summed E-state index contributed by atoms with van der Waals surface area (Å²) in [5, 5.41) is 0.357. The molecule has 0 unspecified atom stereocenters. The Morgan fingerprint density at radius 3 is 2.43 bits per heavy atom. The standard InChI is InChI=1S/C21H20ClN3O2S/c1-12-7-5-8-13(2)19(12)16-11-18(22)24-21(23-16)25-28-17-10-6-9-15(14(17)3)20(26)27-4/h5-11H,1-4H3,(H,23,24,25). The van der Waals surface area contributed by atoms with E-state index in [1.807, 2.05) is 51.1 Å². The summed E-state index contributed by atoms with van der Waals surface area (Å²) in [6, 6.07) is 13.3. The van der Waals surface area contributed by atoms with Crippen molar-refractivity contribution in [3.8, 4) is 11.3 Å². The summed E-state index contributed by atoms with van der Waals surface area (Å²) in [6.07, 6.45) is 0. The molecule has 2 aromatic carbocycles. The first kappa shape index (κ1) is 20.2. The normalized spacial score (nSPS) is 10.6. The first-order valence-corrected chi connectivity index (χ1v) is 9.82. The lowest BCUT2D eigenvalue weighted by Gasteiger charge is -2.12. The Hall–Kier alpha value is -2.57. The third-order valence-corrected chi connectivity index (χ3v) is 5.51. The van der Waals surface area contributed by atoms with Gasteiger partial charge in [0.2, 0.25) is 5.95 Å². The van der Waals surface area contributed by atoms with E-state index in [-0.39, 0.29) is 5.97 Å². The molecule has 0 saturated carbocycles. The molecule has 5 nitrogen and oxygen atoms in total. The van der Waals surface area contributed by atoms with Crippen LogP contribution in [-0.2, 0) is 4.74 Å². The fourth-order valence-electron chi connectivity index (χ4n) is 2.97. The number of anilines is 1. The van der Waals surface area contributed by atoms with Crippen molar-refractivity contribution in [2.24, 2.45) is 0 Å². The van der Waals surface area contributed by atoms with Gasteiger partial charge in [-0.1, -0.05) is 35.9 Å². The Morgan fingerprint density at radius 2 is 1.75 bits per heavy atom. The Bertz CT molecular complexity index is 1020. The van der Waals surface area contributed by atoms with Gasteiger partial charge in [-0.05, 0) is 61.5 Å². The topological polar surface area (TPSA) is 64.1 Å². The van der Waals surface area contributed by atoms with Crippen molar-refractivity contribution in [3.63, 3.8) is 0 Å². The number of hydrogen-bond acceptors (Lipinski definition) is 6. The van der Waals surface area contributed by atoms with Crippen molar-refractivity contribution in [2.75, 3.05) is 11.8 Å². The fraction of sp³-hybridized carbons (Fsp3) is 0.190. The minimum Gasteiger partial charge on any atom is -0.465 e. The second kappa shape index (κ2) is 8.63. The van der Waals surface area contributed by atoms with Crippen molar-refractivity contribution >= 4 is 35.5 Å². The van der Waals surface area contributed by atoms with Gasteiger partial charge in [-0.2, -0.15) is 0 Å². The van der Waals surface area contributed by atoms with Crippen molar-refractivity contribution in [2.45, 2.75) is 25.7 Å². The maximum Gasteiger partial charge on any atom is 0.338 e. The van der Waals surface area contributed by atoms with Crippen molar-refractivity contribution in [3.05, 3.63) is 69.9 Å². The summed E-state index contributed by atoms with van der Waals surface area (Å²) in [5.41, 5.74) is 5.40. The van der Waals surface area contributed by atoms with Crippen LogP contribution in [0.1, 0.15) is 27.0 Å². The SMILES string of the molecule is COC(=O)c1cccc(SNc2nc(Cl)cc(-c3c(C)cccc3C)n2)c1C. The number of esters is 1. The number of carbonyl (C=O) groups is 1. The summed E-state index contributed by atoms with van der Waals surface area (Å²) in [7, 11) is 1.37. The molecule has 1 heterocycles. The van der Waals surface area contributed by atoms with Crippen LogP contribution in [0.4, 0.5) is 5.95 Å². The fourth-order valence-corrected chi connectivity index (χ4v) is 3.85. The van der Waals surface area contributed by atoms with E-state index in [1.54, 1.807) is 12.1 Å². The van der Waals surface area contributed by atoms with Crippen molar-refractivity contribution < 1.29 is 9.53 Å². The molecule has 3 rings (SSSR count). The molecule has 3 aromatic rings. The number of nitrogens with zero attached hydrogens (tertiary/aromatic N) is 2. The number of rotatable bonds is 5. The van der Waals surface area contributed by atoms with Gasteiger partial charge in [0.25, 0.3) is 0 Å². The van der Waals surface area contributed by atoms with Gasteiger partial charge in [0.1, 0.15) is 5.15 Å². The highest BCUT2D eigenvalue weighted by Crippen LogP contribution is 2.30. The molecule has 0 aliphatic carbocycles. The van der Waals surface area contributed by atoms with Gasteiger partial charge in [0.15, 0.2) is 0 Å². The van der Waals surface area contributed by atoms with E-state index in [1.165, 1.54) is 19.1 Å². The van der Waals surface area contributed by atoms with Crippen LogP contribution < -0.4 is 4.72 Å². The maximum absolute atomic E-state index is 11.9. The number of hydrogen-bond donors (Lipinski definition) is 1. The van der Waals surface area contributed by atoms with Crippen LogP contribution in [0.25, 0.3) is 11.3 Å². The van der Waals surface area contributed by atoms with Crippen LogP contribution in [0.3, 0.4) is 0 Å². The van der Waals surface area contributed by atoms with E-state index in [4.69, 9.17) is 16.3 Å². The molecular weight excluding hydrogens is 394 g/mol. The van der Waals surface area contributed by atoms with Gasteiger partial charge in [0.05, 0.1) is 18.4 Å². The number of aromatic nitrogens is 2. The van der Waals surface area contributed by atoms with E-state index in [9.17, 15) is 4.79 Å². The Balaban J connectivity index is 1.89. The summed E-state index contributed by atoms with van der Waals surface area (Å²) in [6.45, 7) is 5.96. The zero-order chi connectivity index (χ0) is 20.3. The average molecular weight is 414 g/mol. The van der Waals surface area contributed by atoms with Crippen LogP contribution in [0.15, 0.2) is 47.4 Å². The minimum atomic E-state index is -0.365. The lowest BCUT2D eigenvalue weighted by atomic mass is 10.00. The molecule has 0 fully saturated rings. The first-order chi connectivity index (χ1) is 13.4. The molecular formula is C21H20ClN3O2S. The molecule has 28 heavy (non-hydrogen) atoms. The van der Waals surface area contributed by atoms with Crippen molar-refractivity contribution in [1.82, 2.24) is 9.97 Å². The second-order valence-corrected chi connectivity index (χ2v) is 7.53. The van der Waals surface area contributed by atoms with E-state index in [2.05, 4.69) is 14.7 Å². The molecule has 1 aromatic heterocycles. The monoisotopic (exact) mass is 413 g/mol. The number of carbonyl (C=O) groups excluding carboxylic acids is 1. The molecule has 7 heteroatoms. The highest BCUT2D eigenvalue weighted by Gasteiger charge is 2.14. The number of benzene rings is 2. The lowest BCUT2D eigenvalue weighted by molar-refractivity contribution is 0.0599. The van der Waals surface area contributed by atoms with Crippen LogP contribution in [0.5, 0.6) is 0 Å². The van der Waals surface area contributed by atoms with Crippen LogP contribution in [-0.4, -0.2) is 23.0 Å². The van der Waals surface area contributed by atoms with E-state index >= 15 is 0 Å². The maximum atomic E-state index is 11.9.